The first kappa shape index (κ1) is 14.7. The van der Waals surface area contributed by atoms with Gasteiger partial charge in [0.2, 0.25) is 5.91 Å². The van der Waals surface area contributed by atoms with Crippen molar-refractivity contribution in [2.75, 3.05) is 13.1 Å². The molecule has 22 heavy (non-hydrogen) atoms. The average Bonchev–Trinajstić information content (AvgIpc) is 3.16. The maximum absolute atomic E-state index is 11.7. The van der Waals surface area contributed by atoms with Crippen LogP contribution in [0.25, 0.3) is 11.4 Å². The van der Waals surface area contributed by atoms with Crippen LogP contribution in [0.2, 0.25) is 0 Å². The summed E-state index contributed by atoms with van der Waals surface area (Å²) in [7, 11) is 1.95. The van der Waals surface area contributed by atoms with Crippen LogP contribution in [0, 0.1) is 5.92 Å². The minimum absolute atomic E-state index is 0.247. The molecule has 116 valence electrons. The van der Waals surface area contributed by atoms with Crippen molar-refractivity contribution < 1.29 is 4.79 Å². The maximum Gasteiger partial charge on any atom is 0.222 e. The molecule has 2 aromatic rings. The van der Waals surface area contributed by atoms with Gasteiger partial charge < -0.3 is 9.47 Å². The zero-order valence-electron chi connectivity index (χ0n) is 13.1. The molecule has 0 bridgehead atoms. The summed E-state index contributed by atoms with van der Waals surface area (Å²) in [4.78, 5) is 26.8. The third-order valence-corrected chi connectivity index (χ3v) is 4.20. The number of aryl methyl sites for hydroxylation is 1. The molecule has 0 aromatic carbocycles. The Hall–Kier alpha value is -2.24. The van der Waals surface area contributed by atoms with Crippen LogP contribution in [-0.4, -0.2) is 43.4 Å². The van der Waals surface area contributed by atoms with Gasteiger partial charge in [0.1, 0.15) is 5.69 Å². The van der Waals surface area contributed by atoms with Crippen molar-refractivity contribution in [3.8, 4) is 11.4 Å². The van der Waals surface area contributed by atoms with Crippen molar-refractivity contribution in [2.24, 2.45) is 13.0 Å². The van der Waals surface area contributed by atoms with Crippen molar-refractivity contribution >= 4 is 5.91 Å². The molecule has 0 aliphatic carbocycles. The van der Waals surface area contributed by atoms with E-state index in [2.05, 4.69) is 9.97 Å². The highest BCUT2D eigenvalue weighted by Crippen LogP contribution is 2.22. The summed E-state index contributed by atoms with van der Waals surface area (Å²) in [6, 6.07) is 0. The molecule has 1 saturated heterocycles. The minimum Gasteiger partial charge on any atom is -0.342 e. The number of imidazole rings is 1. The van der Waals surface area contributed by atoms with Crippen LogP contribution in [-0.2, 0) is 18.3 Å². The number of carbonyl (C=O) groups excluding carboxylic acids is 1. The van der Waals surface area contributed by atoms with E-state index in [4.69, 9.17) is 4.98 Å². The van der Waals surface area contributed by atoms with Gasteiger partial charge in [-0.2, -0.15) is 0 Å². The largest absolute Gasteiger partial charge is 0.342 e. The van der Waals surface area contributed by atoms with Gasteiger partial charge in [-0.1, -0.05) is 6.92 Å². The molecular weight excluding hydrogens is 278 g/mol. The molecule has 0 radical (unpaired) electrons. The highest BCUT2D eigenvalue weighted by atomic mass is 16.2. The van der Waals surface area contributed by atoms with Crippen molar-refractivity contribution in [1.29, 1.82) is 0 Å². The second kappa shape index (κ2) is 6.25. The number of rotatable bonds is 4. The van der Waals surface area contributed by atoms with Gasteiger partial charge in [0, 0.05) is 32.8 Å². The number of aromatic nitrogens is 4. The molecule has 3 heterocycles. The zero-order chi connectivity index (χ0) is 15.5. The Bertz CT molecular complexity index is 666. The van der Waals surface area contributed by atoms with E-state index in [9.17, 15) is 4.79 Å². The van der Waals surface area contributed by atoms with Gasteiger partial charge in [0.05, 0.1) is 30.1 Å². The molecule has 1 atom stereocenters. The molecule has 0 saturated carbocycles. The van der Waals surface area contributed by atoms with Crippen LogP contribution in [0.4, 0.5) is 0 Å². The first-order valence-electron chi connectivity index (χ1n) is 7.72. The Kier molecular flexibility index (Phi) is 4.18. The quantitative estimate of drug-likeness (QED) is 0.861. The highest BCUT2D eigenvalue weighted by Gasteiger charge is 2.25. The smallest absolute Gasteiger partial charge is 0.222 e. The summed E-state index contributed by atoms with van der Waals surface area (Å²) in [6.07, 6.45) is 9.64. The molecule has 1 fully saturated rings. The Labute approximate surface area is 130 Å². The summed E-state index contributed by atoms with van der Waals surface area (Å²) in [5.41, 5.74) is 2.79. The Morgan fingerprint density at radius 3 is 2.91 bits per heavy atom. The van der Waals surface area contributed by atoms with E-state index >= 15 is 0 Å². The third kappa shape index (κ3) is 3.00. The fourth-order valence-electron chi connectivity index (χ4n) is 2.98. The lowest BCUT2D eigenvalue weighted by atomic mass is 10.0. The summed E-state index contributed by atoms with van der Waals surface area (Å²) < 4.78 is 1.94. The summed E-state index contributed by atoms with van der Waals surface area (Å²) >= 11 is 0. The van der Waals surface area contributed by atoms with E-state index in [-0.39, 0.29) is 5.91 Å². The summed E-state index contributed by atoms with van der Waals surface area (Å²) in [5, 5.41) is 0. The number of amides is 1. The second-order valence-corrected chi connectivity index (χ2v) is 5.84. The van der Waals surface area contributed by atoms with Crippen LogP contribution < -0.4 is 0 Å². The molecule has 0 N–H and O–H groups in total. The lowest BCUT2D eigenvalue weighted by Crippen LogP contribution is -2.28. The van der Waals surface area contributed by atoms with E-state index in [0.717, 1.165) is 43.0 Å². The molecule has 0 unspecified atom stereocenters. The van der Waals surface area contributed by atoms with E-state index in [0.29, 0.717) is 12.3 Å². The Balaban J connectivity index is 1.69. The molecule has 6 heteroatoms. The number of nitrogens with zero attached hydrogens (tertiary/aromatic N) is 5. The van der Waals surface area contributed by atoms with E-state index in [1.165, 1.54) is 0 Å². The fourth-order valence-corrected chi connectivity index (χ4v) is 2.98. The van der Waals surface area contributed by atoms with Crippen LogP contribution in [0.5, 0.6) is 0 Å². The van der Waals surface area contributed by atoms with Gasteiger partial charge >= 0.3 is 0 Å². The van der Waals surface area contributed by atoms with Gasteiger partial charge in [0.15, 0.2) is 0 Å². The maximum atomic E-state index is 11.7. The predicted octanol–water partition coefficient (Wildman–Crippen LogP) is 1.68. The first-order valence-corrected chi connectivity index (χ1v) is 7.72. The summed E-state index contributed by atoms with van der Waals surface area (Å²) in [6.45, 7) is 3.62. The topological polar surface area (TPSA) is 63.9 Å². The van der Waals surface area contributed by atoms with E-state index in [1.54, 1.807) is 18.7 Å². The van der Waals surface area contributed by atoms with Gasteiger partial charge in [-0.3, -0.25) is 9.78 Å². The van der Waals surface area contributed by atoms with E-state index < -0.39 is 0 Å². The Morgan fingerprint density at radius 2 is 2.18 bits per heavy atom. The highest BCUT2D eigenvalue weighted by molar-refractivity contribution is 5.76. The Morgan fingerprint density at radius 1 is 1.32 bits per heavy atom. The summed E-state index contributed by atoms with van der Waals surface area (Å²) in [5.74, 6) is 0.726. The average molecular weight is 299 g/mol. The predicted molar refractivity (Wildman–Crippen MR) is 82.9 cm³/mol. The normalized spacial score (nSPS) is 17.9. The zero-order valence-corrected chi connectivity index (χ0v) is 13.1. The molecule has 1 amide bonds. The lowest BCUT2D eigenvalue weighted by Gasteiger charge is -2.15. The fraction of sp³-hybridized carbons (Fsp3) is 0.500. The minimum atomic E-state index is 0.247. The number of hydrogen-bond donors (Lipinski definition) is 0. The number of hydrogen-bond acceptors (Lipinski definition) is 4. The number of carbonyl (C=O) groups is 1. The molecule has 1 aliphatic heterocycles. The van der Waals surface area contributed by atoms with E-state index in [1.807, 2.05) is 29.6 Å². The lowest BCUT2D eigenvalue weighted by molar-refractivity contribution is -0.129. The number of likely N-dealkylation sites (tertiary alicyclic amines) is 1. The van der Waals surface area contributed by atoms with Gasteiger partial charge in [-0.25, -0.2) is 9.97 Å². The monoisotopic (exact) mass is 299 g/mol. The van der Waals surface area contributed by atoms with Crippen LogP contribution in [0.1, 0.15) is 25.5 Å². The van der Waals surface area contributed by atoms with Crippen molar-refractivity contribution in [3.63, 3.8) is 0 Å². The van der Waals surface area contributed by atoms with Crippen molar-refractivity contribution in [1.82, 2.24) is 24.4 Å². The SMILES string of the molecule is CCC(=O)N1CC[C@H](Cc2cncc(-c3cncn3C)n2)C1. The van der Waals surface area contributed by atoms with Gasteiger partial charge in [-0.05, 0) is 18.8 Å². The standard InChI is InChI=1S/C16H21N5O/c1-3-16(22)21-5-4-12(10-21)6-13-7-17-8-14(19-13)15-9-18-11-20(15)2/h7-9,11-12H,3-6,10H2,1-2H3/t12-/m1/s1. The molecule has 2 aromatic heterocycles. The molecule has 6 nitrogen and oxygen atoms in total. The second-order valence-electron chi connectivity index (χ2n) is 5.84. The molecular formula is C16H21N5O. The van der Waals surface area contributed by atoms with Crippen LogP contribution >= 0.6 is 0 Å². The van der Waals surface area contributed by atoms with Gasteiger partial charge in [0.25, 0.3) is 0 Å². The first-order chi connectivity index (χ1) is 10.7. The van der Waals surface area contributed by atoms with Gasteiger partial charge in [-0.15, -0.1) is 0 Å². The van der Waals surface area contributed by atoms with Crippen molar-refractivity contribution in [3.05, 3.63) is 30.6 Å². The third-order valence-electron chi connectivity index (χ3n) is 4.20. The van der Waals surface area contributed by atoms with Crippen LogP contribution in [0.15, 0.2) is 24.9 Å². The van der Waals surface area contributed by atoms with Crippen molar-refractivity contribution in [2.45, 2.75) is 26.2 Å². The molecule has 1 aliphatic rings. The molecule has 3 rings (SSSR count). The van der Waals surface area contributed by atoms with Crippen LogP contribution in [0.3, 0.4) is 0 Å². The molecule has 0 spiro atoms.